The molecule has 6 nitrogen and oxygen atoms in total. The van der Waals surface area contributed by atoms with E-state index in [9.17, 15) is 4.79 Å². The zero-order chi connectivity index (χ0) is 12.9. The number of unbranched alkanes of at least 4 members (excludes halogenated alkanes) is 1. The second-order valence-electron chi connectivity index (χ2n) is 3.55. The summed E-state index contributed by atoms with van der Waals surface area (Å²) < 4.78 is 4.83. The van der Waals surface area contributed by atoms with E-state index in [4.69, 9.17) is 4.74 Å². The van der Waals surface area contributed by atoms with Gasteiger partial charge in [-0.15, -0.1) is 0 Å². The first-order valence-electron chi connectivity index (χ1n) is 5.94. The van der Waals surface area contributed by atoms with E-state index in [1.54, 1.807) is 14.2 Å². The number of carbonyl (C=O) groups excluding carboxylic acids is 1. The Morgan fingerprint density at radius 3 is 2.59 bits per heavy atom. The second-order valence-corrected chi connectivity index (χ2v) is 3.55. The molecule has 0 saturated carbocycles. The van der Waals surface area contributed by atoms with Gasteiger partial charge in [0.1, 0.15) is 0 Å². The summed E-state index contributed by atoms with van der Waals surface area (Å²) in [5.74, 6) is 0.584. The fourth-order valence-electron chi connectivity index (χ4n) is 1.12. The summed E-state index contributed by atoms with van der Waals surface area (Å²) in [7, 11) is 3.29. The first-order valence-corrected chi connectivity index (χ1v) is 5.94. The molecule has 0 atom stereocenters. The quantitative estimate of drug-likeness (QED) is 0.312. The largest absolute Gasteiger partial charge is 0.383 e. The highest BCUT2D eigenvalue weighted by Gasteiger charge is 2.02. The van der Waals surface area contributed by atoms with E-state index < -0.39 is 0 Å². The predicted molar refractivity (Wildman–Crippen MR) is 69.2 cm³/mol. The molecule has 3 N–H and O–H groups in total. The number of carbonyl (C=O) groups is 1. The third-order valence-corrected chi connectivity index (χ3v) is 2.09. The first-order chi connectivity index (χ1) is 8.24. The number of ether oxygens (including phenoxy) is 1. The maximum Gasteiger partial charge on any atom is 0.239 e. The third-order valence-electron chi connectivity index (χ3n) is 2.09. The van der Waals surface area contributed by atoms with E-state index in [0.717, 1.165) is 19.4 Å². The molecule has 0 aromatic carbocycles. The van der Waals surface area contributed by atoms with Crippen LogP contribution in [-0.2, 0) is 9.53 Å². The lowest BCUT2D eigenvalue weighted by Crippen LogP contribution is -2.43. The van der Waals surface area contributed by atoms with Gasteiger partial charge in [0.05, 0.1) is 13.2 Å². The van der Waals surface area contributed by atoms with Gasteiger partial charge in [-0.2, -0.15) is 0 Å². The summed E-state index contributed by atoms with van der Waals surface area (Å²) in [6, 6.07) is 0. The molecule has 0 saturated heterocycles. The summed E-state index contributed by atoms with van der Waals surface area (Å²) in [4.78, 5) is 15.4. The van der Waals surface area contributed by atoms with Gasteiger partial charge in [0, 0.05) is 27.2 Å². The molecule has 0 aliphatic heterocycles. The highest BCUT2D eigenvalue weighted by molar-refractivity contribution is 5.86. The van der Waals surface area contributed by atoms with Crippen LogP contribution in [0.2, 0.25) is 0 Å². The molecule has 0 radical (unpaired) electrons. The Hall–Kier alpha value is -1.30. The highest BCUT2D eigenvalue weighted by atomic mass is 16.5. The monoisotopic (exact) mass is 244 g/mol. The van der Waals surface area contributed by atoms with E-state index >= 15 is 0 Å². The molecule has 0 aromatic rings. The maximum absolute atomic E-state index is 11.4. The molecule has 0 heterocycles. The lowest BCUT2D eigenvalue weighted by molar-refractivity contribution is -0.120. The average Bonchev–Trinajstić information content (AvgIpc) is 2.34. The Morgan fingerprint density at radius 2 is 2.00 bits per heavy atom. The second kappa shape index (κ2) is 11.2. The van der Waals surface area contributed by atoms with E-state index in [1.807, 2.05) is 0 Å². The van der Waals surface area contributed by atoms with Crippen LogP contribution in [0, 0.1) is 0 Å². The lowest BCUT2D eigenvalue weighted by atomic mass is 10.3. The van der Waals surface area contributed by atoms with Crippen molar-refractivity contribution in [2.45, 2.75) is 19.8 Å². The number of nitrogens with zero attached hydrogens (tertiary/aromatic N) is 1. The van der Waals surface area contributed by atoms with Crippen molar-refractivity contribution in [2.75, 3.05) is 40.4 Å². The topological polar surface area (TPSA) is 74.8 Å². The van der Waals surface area contributed by atoms with Crippen LogP contribution in [-0.4, -0.2) is 52.3 Å². The van der Waals surface area contributed by atoms with Crippen LogP contribution in [0.4, 0.5) is 0 Å². The van der Waals surface area contributed by atoms with E-state index in [1.165, 1.54) is 0 Å². The van der Waals surface area contributed by atoms with Crippen LogP contribution >= 0.6 is 0 Å². The molecular weight excluding hydrogens is 220 g/mol. The third kappa shape index (κ3) is 9.62. The van der Waals surface area contributed by atoms with Gasteiger partial charge in [-0.1, -0.05) is 13.3 Å². The molecule has 0 spiro atoms. The summed E-state index contributed by atoms with van der Waals surface area (Å²) in [6.07, 6.45) is 2.21. The van der Waals surface area contributed by atoms with Crippen LogP contribution < -0.4 is 16.0 Å². The number of methoxy groups -OCH3 is 1. The van der Waals surface area contributed by atoms with Crippen LogP contribution in [0.15, 0.2) is 4.99 Å². The molecule has 0 bridgehead atoms. The summed E-state index contributed by atoms with van der Waals surface area (Å²) in [6.45, 7) is 4.26. The normalized spacial score (nSPS) is 11.1. The molecule has 0 aliphatic rings. The number of amides is 1. The van der Waals surface area contributed by atoms with Crippen LogP contribution in [0.5, 0.6) is 0 Å². The fourth-order valence-corrected chi connectivity index (χ4v) is 1.12. The number of hydrogen-bond donors (Lipinski definition) is 3. The molecule has 1 amide bonds. The van der Waals surface area contributed by atoms with Crippen molar-refractivity contribution in [3.8, 4) is 0 Å². The van der Waals surface area contributed by atoms with Crippen molar-refractivity contribution in [1.82, 2.24) is 16.0 Å². The van der Waals surface area contributed by atoms with E-state index in [2.05, 4.69) is 27.9 Å². The van der Waals surface area contributed by atoms with E-state index in [-0.39, 0.29) is 12.5 Å². The molecule has 100 valence electrons. The van der Waals surface area contributed by atoms with Crippen molar-refractivity contribution < 1.29 is 9.53 Å². The molecule has 0 aromatic heterocycles. The van der Waals surface area contributed by atoms with Crippen molar-refractivity contribution in [3.63, 3.8) is 0 Å². The van der Waals surface area contributed by atoms with Gasteiger partial charge in [0.15, 0.2) is 5.96 Å². The highest BCUT2D eigenvalue weighted by Crippen LogP contribution is 1.82. The average molecular weight is 244 g/mol. The van der Waals surface area contributed by atoms with Gasteiger partial charge in [0.25, 0.3) is 0 Å². The fraction of sp³-hybridized carbons (Fsp3) is 0.818. The number of nitrogens with one attached hydrogen (secondary N) is 3. The number of rotatable bonds is 8. The minimum absolute atomic E-state index is 0.0690. The first kappa shape index (κ1) is 15.7. The molecule has 0 fully saturated rings. The zero-order valence-corrected chi connectivity index (χ0v) is 11.0. The van der Waals surface area contributed by atoms with E-state index in [0.29, 0.717) is 19.1 Å². The smallest absolute Gasteiger partial charge is 0.239 e. The molecule has 0 aliphatic carbocycles. The van der Waals surface area contributed by atoms with Crippen LogP contribution in [0.25, 0.3) is 0 Å². The minimum atomic E-state index is -0.0690. The minimum Gasteiger partial charge on any atom is -0.383 e. The summed E-state index contributed by atoms with van der Waals surface area (Å²) >= 11 is 0. The van der Waals surface area contributed by atoms with Crippen LogP contribution in [0.3, 0.4) is 0 Å². The Bertz CT molecular complexity index is 232. The summed E-state index contributed by atoms with van der Waals surface area (Å²) in [5, 5.41) is 8.79. The van der Waals surface area contributed by atoms with Crippen molar-refractivity contribution in [1.29, 1.82) is 0 Å². The van der Waals surface area contributed by atoms with Gasteiger partial charge in [0.2, 0.25) is 5.91 Å². The predicted octanol–water partition coefficient (Wildman–Crippen LogP) is -0.286. The molecule has 0 rings (SSSR count). The van der Waals surface area contributed by atoms with Gasteiger partial charge >= 0.3 is 0 Å². The van der Waals surface area contributed by atoms with Gasteiger partial charge in [-0.3, -0.25) is 9.79 Å². The molecule has 6 heteroatoms. The van der Waals surface area contributed by atoms with Gasteiger partial charge in [-0.25, -0.2) is 0 Å². The molecule has 0 unspecified atom stereocenters. The standard InChI is InChI=1S/C11H24N4O2/c1-4-5-6-14-11(12-2)15-9-10(16)13-7-8-17-3/h4-9H2,1-3H3,(H,13,16)(H2,12,14,15). The Balaban J connectivity index is 3.64. The Morgan fingerprint density at radius 1 is 1.24 bits per heavy atom. The Labute approximate surface area is 103 Å². The molecule has 17 heavy (non-hydrogen) atoms. The summed E-state index contributed by atoms with van der Waals surface area (Å²) in [5.41, 5.74) is 0. The molecular formula is C11H24N4O2. The van der Waals surface area contributed by atoms with Crippen molar-refractivity contribution in [2.24, 2.45) is 4.99 Å². The number of hydrogen-bond acceptors (Lipinski definition) is 3. The van der Waals surface area contributed by atoms with Crippen molar-refractivity contribution >= 4 is 11.9 Å². The van der Waals surface area contributed by atoms with Crippen molar-refractivity contribution in [3.05, 3.63) is 0 Å². The van der Waals surface area contributed by atoms with Gasteiger partial charge in [-0.05, 0) is 6.42 Å². The number of aliphatic imine (C=N–C) groups is 1. The number of guanidine groups is 1. The van der Waals surface area contributed by atoms with Gasteiger partial charge < -0.3 is 20.7 Å². The lowest BCUT2D eigenvalue weighted by Gasteiger charge is -2.11. The zero-order valence-electron chi connectivity index (χ0n) is 11.0. The maximum atomic E-state index is 11.4. The SMILES string of the molecule is CCCCNC(=NC)NCC(=O)NCCOC. The van der Waals surface area contributed by atoms with Crippen LogP contribution in [0.1, 0.15) is 19.8 Å². The Kier molecular flexibility index (Phi) is 10.3.